The van der Waals surface area contributed by atoms with Gasteiger partial charge in [0, 0.05) is 6.42 Å². The Balaban J connectivity index is 1.59. The molecule has 2 aromatic carbocycles. The first-order valence-corrected chi connectivity index (χ1v) is 10.4. The second-order valence-electron chi connectivity index (χ2n) is 8.29. The standard InChI is InChI=1S/C24H27N3O3/c1-4-19(17-11-9-16(2)10-12-17)25-21(28)15-26-23(30)18-7-5-6-8-20(18)27-22(29)13-14-24(26,27)3/h5-12,19H,4,13-15H2,1-3H3,(H,25,28)/t19-,24-/m0/s1. The molecule has 0 radical (unpaired) electrons. The fourth-order valence-corrected chi connectivity index (χ4v) is 4.54. The van der Waals surface area contributed by atoms with E-state index in [1.54, 1.807) is 28.0 Å². The Morgan fingerprint density at radius 3 is 2.53 bits per heavy atom. The van der Waals surface area contributed by atoms with Gasteiger partial charge in [-0.25, -0.2) is 0 Å². The summed E-state index contributed by atoms with van der Waals surface area (Å²) in [6.45, 7) is 5.83. The van der Waals surface area contributed by atoms with Crippen molar-refractivity contribution < 1.29 is 14.4 Å². The Kier molecular flexibility index (Phi) is 5.10. The molecule has 6 nitrogen and oxygen atoms in total. The lowest BCUT2D eigenvalue weighted by Crippen LogP contribution is -2.63. The number of benzene rings is 2. The van der Waals surface area contributed by atoms with Crippen LogP contribution in [0.2, 0.25) is 0 Å². The summed E-state index contributed by atoms with van der Waals surface area (Å²) in [5.41, 5.74) is 2.47. The van der Waals surface area contributed by atoms with Crippen LogP contribution in [-0.4, -0.2) is 34.8 Å². The summed E-state index contributed by atoms with van der Waals surface area (Å²) in [7, 11) is 0. The number of para-hydroxylation sites is 1. The van der Waals surface area contributed by atoms with E-state index in [-0.39, 0.29) is 30.3 Å². The van der Waals surface area contributed by atoms with Crippen LogP contribution in [-0.2, 0) is 9.59 Å². The van der Waals surface area contributed by atoms with Crippen molar-refractivity contribution in [1.29, 1.82) is 0 Å². The summed E-state index contributed by atoms with van der Waals surface area (Å²) in [5, 5.41) is 3.07. The van der Waals surface area contributed by atoms with Crippen LogP contribution in [0, 0.1) is 6.92 Å². The van der Waals surface area contributed by atoms with Crippen molar-refractivity contribution in [2.45, 2.75) is 51.7 Å². The van der Waals surface area contributed by atoms with Crippen molar-refractivity contribution in [3.8, 4) is 0 Å². The molecule has 0 aromatic heterocycles. The number of aryl methyl sites for hydroxylation is 1. The maximum Gasteiger partial charge on any atom is 0.258 e. The molecule has 1 saturated heterocycles. The van der Waals surface area contributed by atoms with E-state index in [2.05, 4.69) is 5.32 Å². The van der Waals surface area contributed by atoms with E-state index in [4.69, 9.17) is 0 Å². The van der Waals surface area contributed by atoms with Gasteiger partial charge in [-0.1, -0.05) is 48.9 Å². The van der Waals surface area contributed by atoms with Crippen molar-refractivity contribution in [1.82, 2.24) is 10.2 Å². The zero-order valence-corrected chi connectivity index (χ0v) is 17.6. The molecule has 2 heterocycles. The van der Waals surface area contributed by atoms with E-state index < -0.39 is 5.66 Å². The lowest BCUT2D eigenvalue weighted by molar-refractivity contribution is -0.124. The summed E-state index contributed by atoms with van der Waals surface area (Å²) in [6, 6.07) is 15.1. The molecule has 4 rings (SSSR count). The molecule has 30 heavy (non-hydrogen) atoms. The number of carbonyl (C=O) groups is 3. The normalized spacial score (nSPS) is 21.3. The fraction of sp³-hybridized carbons (Fsp3) is 0.375. The van der Waals surface area contributed by atoms with E-state index in [0.717, 1.165) is 17.5 Å². The van der Waals surface area contributed by atoms with Gasteiger partial charge < -0.3 is 10.2 Å². The Labute approximate surface area is 176 Å². The molecule has 0 saturated carbocycles. The molecule has 2 aliphatic heterocycles. The summed E-state index contributed by atoms with van der Waals surface area (Å²) in [4.78, 5) is 42.1. The summed E-state index contributed by atoms with van der Waals surface area (Å²) >= 11 is 0. The maximum absolute atomic E-state index is 13.3. The van der Waals surface area contributed by atoms with Gasteiger partial charge in [-0.3, -0.25) is 19.3 Å². The van der Waals surface area contributed by atoms with Crippen LogP contribution in [0.4, 0.5) is 5.69 Å². The first-order chi connectivity index (χ1) is 14.3. The molecule has 0 spiro atoms. The minimum Gasteiger partial charge on any atom is -0.348 e. The van der Waals surface area contributed by atoms with Crippen LogP contribution < -0.4 is 10.2 Å². The highest BCUT2D eigenvalue weighted by molar-refractivity contribution is 6.11. The number of hydrogen-bond donors (Lipinski definition) is 1. The average molecular weight is 405 g/mol. The highest BCUT2D eigenvalue weighted by atomic mass is 16.2. The first-order valence-electron chi connectivity index (χ1n) is 10.4. The largest absolute Gasteiger partial charge is 0.348 e. The monoisotopic (exact) mass is 405 g/mol. The van der Waals surface area contributed by atoms with Crippen molar-refractivity contribution in [3.63, 3.8) is 0 Å². The summed E-state index contributed by atoms with van der Waals surface area (Å²) < 4.78 is 0. The third-order valence-corrected chi connectivity index (χ3v) is 6.27. The molecule has 6 heteroatoms. The second-order valence-corrected chi connectivity index (χ2v) is 8.29. The van der Waals surface area contributed by atoms with Gasteiger partial charge in [-0.15, -0.1) is 0 Å². The van der Waals surface area contributed by atoms with Gasteiger partial charge in [0.15, 0.2) is 0 Å². The van der Waals surface area contributed by atoms with Crippen LogP contribution in [0.15, 0.2) is 48.5 Å². The van der Waals surface area contributed by atoms with Crippen LogP contribution in [0.3, 0.4) is 0 Å². The third-order valence-electron chi connectivity index (χ3n) is 6.27. The lowest BCUT2D eigenvalue weighted by Gasteiger charge is -2.48. The van der Waals surface area contributed by atoms with Crippen molar-refractivity contribution in [3.05, 3.63) is 65.2 Å². The molecule has 0 bridgehead atoms. The Bertz CT molecular complexity index is 1000. The maximum atomic E-state index is 13.3. The summed E-state index contributed by atoms with van der Waals surface area (Å²) in [6.07, 6.45) is 1.61. The highest BCUT2D eigenvalue weighted by Gasteiger charge is 2.53. The summed E-state index contributed by atoms with van der Waals surface area (Å²) in [5.74, 6) is -0.456. The molecule has 3 amide bonds. The zero-order chi connectivity index (χ0) is 21.5. The quantitative estimate of drug-likeness (QED) is 0.827. The van der Waals surface area contributed by atoms with E-state index in [0.29, 0.717) is 24.1 Å². The predicted molar refractivity (Wildman–Crippen MR) is 115 cm³/mol. The molecule has 2 atom stereocenters. The molecular weight excluding hydrogens is 378 g/mol. The van der Waals surface area contributed by atoms with E-state index in [1.807, 2.05) is 51.1 Å². The molecule has 0 unspecified atom stereocenters. The van der Waals surface area contributed by atoms with Gasteiger partial charge in [-0.05, 0) is 44.4 Å². The number of hydrogen-bond acceptors (Lipinski definition) is 3. The van der Waals surface area contributed by atoms with Crippen LogP contribution in [0.1, 0.15) is 60.6 Å². The molecule has 2 aromatic rings. The molecule has 0 aliphatic carbocycles. The van der Waals surface area contributed by atoms with E-state index in [1.165, 1.54) is 0 Å². The average Bonchev–Trinajstić information content (AvgIpc) is 3.05. The number of nitrogens with one attached hydrogen (secondary N) is 1. The Morgan fingerprint density at radius 2 is 1.83 bits per heavy atom. The third kappa shape index (κ3) is 3.26. The van der Waals surface area contributed by atoms with Gasteiger partial charge in [0.25, 0.3) is 5.91 Å². The number of carbonyl (C=O) groups excluding carboxylic acids is 3. The minimum atomic E-state index is -0.828. The first kappa shape index (κ1) is 20.1. The lowest BCUT2D eigenvalue weighted by atomic mass is 9.98. The van der Waals surface area contributed by atoms with Crippen LogP contribution in [0.25, 0.3) is 0 Å². The van der Waals surface area contributed by atoms with E-state index in [9.17, 15) is 14.4 Å². The van der Waals surface area contributed by atoms with Crippen LogP contribution >= 0.6 is 0 Å². The smallest absolute Gasteiger partial charge is 0.258 e. The van der Waals surface area contributed by atoms with Crippen molar-refractivity contribution >= 4 is 23.4 Å². The van der Waals surface area contributed by atoms with Gasteiger partial charge in [0.2, 0.25) is 11.8 Å². The molecule has 1 N–H and O–H groups in total. The second kappa shape index (κ2) is 7.59. The Morgan fingerprint density at radius 1 is 1.13 bits per heavy atom. The predicted octanol–water partition coefficient (Wildman–Crippen LogP) is 3.56. The molecule has 2 aliphatic rings. The minimum absolute atomic E-state index is 0.0195. The fourth-order valence-electron chi connectivity index (χ4n) is 4.54. The topological polar surface area (TPSA) is 69.7 Å². The van der Waals surface area contributed by atoms with Gasteiger partial charge in [0.05, 0.1) is 17.3 Å². The van der Waals surface area contributed by atoms with Crippen molar-refractivity contribution in [2.24, 2.45) is 0 Å². The van der Waals surface area contributed by atoms with Crippen LogP contribution in [0.5, 0.6) is 0 Å². The molecule has 156 valence electrons. The molecule has 1 fully saturated rings. The highest BCUT2D eigenvalue weighted by Crippen LogP contribution is 2.43. The van der Waals surface area contributed by atoms with E-state index >= 15 is 0 Å². The van der Waals surface area contributed by atoms with Gasteiger partial charge in [0.1, 0.15) is 12.2 Å². The van der Waals surface area contributed by atoms with Crippen molar-refractivity contribution in [2.75, 3.05) is 11.4 Å². The van der Waals surface area contributed by atoms with Gasteiger partial charge >= 0.3 is 0 Å². The van der Waals surface area contributed by atoms with Gasteiger partial charge in [-0.2, -0.15) is 0 Å². The SMILES string of the molecule is CC[C@H](NC(=O)CN1C(=O)c2ccccc2N2C(=O)CC[C@@]12C)c1ccc(C)cc1. The number of fused-ring (bicyclic) bond motifs is 3. The molecular formula is C24H27N3O3. The number of rotatable bonds is 5. The zero-order valence-electron chi connectivity index (χ0n) is 17.6. The number of amides is 3. The Hall–Kier alpha value is -3.15. The number of anilines is 1. The number of nitrogens with zero attached hydrogens (tertiary/aromatic N) is 2.